The second kappa shape index (κ2) is 8.74. The van der Waals surface area contributed by atoms with Crippen molar-refractivity contribution in [3.8, 4) is 0 Å². The van der Waals surface area contributed by atoms with E-state index in [1.807, 2.05) is 35.8 Å². The molecule has 148 valence electrons. The highest BCUT2D eigenvalue weighted by Gasteiger charge is 2.27. The molecular weight excluding hydrogens is 340 g/mol. The van der Waals surface area contributed by atoms with Crippen molar-refractivity contribution in [2.45, 2.75) is 46.1 Å². The molecule has 2 heterocycles. The summed E-state index contributed by atoms with van der Waals surface area (Å²) in [6.45, 7) is 10.3. The zero-order valence-corrected chi connectivity index (χ0v) is 16.8. The molecule has 6 heteroatoms. The summed E-state index contributed by atoms with van der Waals surface area (Å²) >= 11 is 0. The van der Waals surface area contributed by atoms with Gasteiger partial charge in [0.15, 0.2) is 0 Å². The molecule has 3 amide bonds. The Hall–Kier alpha value is -2.08. The van der Waals surface area contributed by atoms with E-state index in [2.05, 4.69) is 23.2 Å². The smallest absolute Gasteiger partial charge is 0.321 e. The fourth-order valence-corrected chi connectivity index (χ4v) is 4.01. The fourth-order valence-electron chi connectivity index (χ4n) is 4.01. The number of hydrogen-bond acceptors (Lipinski definition) is 3. The van der Waals surface area contributed by atoms with Gasteiger partial charge in [-0.25, -0.2) is 4.79 Å². The molecule has 1 atom stereocenters. The van der Waals surface area contributed by atoms with Crippen molar-refractivity contribution in [1.82, 2.24) is 14.7 Å². The number of anilines is 1. The summed E-state index contributed by atoms with van der Waals surface area (Å²) in [6.07, 6.45) is 3.44. The summed E-state index contributed by atoms with van der Waals surface area (Å²) < 4.78 is 0. The van der Waals surface area contributed by atoms with E-state index in [-0.39, 0.29) is 11.9 Å². The Kier molecular flexibility index (Phi) is 6.37. The van der Waals surface area contributed by atoms with Gasteiger partial charge in [0, 0.05) is 44.5 Å². The number of nitrogens with zero attached hydrogens (tertiary/aromatic N) is 3. The second-order valence-electron chi connectivity index (χ2n) is 7.94. The summed E-state index contributed by atoms with van der Waals surface area (Å²) in [6, 6.07) is 6.33. The maximum Gasteiger partial charge on any atom is 0.321 e. The van der Waals surface area contributed by atoms with Crippen LogP contribution in [-0.4, -0.2) is 71.9 Å². The van der Waals surface area contributed by atoms with Crippen molar-refractivity contribution in [2.24, 2.45) is 0 Å². The van der Waals surface area contributed by atoms with Gasteiger partial charge in [0.2, 0.25) is 5.91 Å². The van der Waals surface area contributed by atoms with E-state index in [1.165, 1.54) is 12.0 Å². The van der Waals surface area contributed by atoms with Gasteiger partial charge in [0.25, 0.3) is 0 Å². The number of benzene rings is 1. The van der Waals surface area contributed by atoms with Crippen LogP contribution in [0.4, 0.5) is 10.5 Å². The lowest BCUT2D eigenvalue weighted by atomic mass is 10.0. The van der Waals surface area contributed by atoms with Gasteiger partial charge in [0.1, 0.15) is 0 Å². The van der Waals surface area contributed by atoms with Gasteiger partial charge in [-0.2, -0.15) is 0 Å². The van der Waals surface area contributed by atoms with Crippen LogP contribution in [0.1, 0.15) is 37.3 Å². The summed E-state index contributed by atoms with van der Waals surface area (Å²) in [7, 11) is 0. The number of rotatable bonds is 3. The molecule has 2 aliphatic rings. The largest absolute Gasteiger partial charge is 0.339 e. The van der Waals surface area contributed by atoms with Gasteiger partial charge in [-0.05, 0) is 51.7 Å². The predicted molar refractivity (Wildman–Crippen MR) is 108 cm³/mol. The molecule has 2 aliphatic heterocycles. The van der Waals surface area contributed by atoms with Crippen molar-refractivity contribution >= 4 is 17.6 Å². The fraction of sp³-hybridized carbons (Fsp3) is 0.619. The molecule has 1 aromatic carbocycles. The molecule has 27 heavy (non-hydrogen) atoms. The summed E-state index contributed by atoms with van der Waals surface area (Å²) in [4.78, 5) is 31.2. The molecule has 0 aromatic heterocycles. The van der Waals surface area contributed by atoms with E-state index in [4.69, 9.17) is 0 Å². The van der Waals surface area contributed by atoms with E-state index >= 15 is 0 Å². The molecule has 0 bridgehead atoms. The van der Waals surface area contributed by atoms with Gasteiger partial charge in [-0.15, -0.1) is 0 Å². The molecule has 3 rings (SSSR count). The minimum Gasteiger partial charge on any atom is -0.339 e. The van der Waals surface area contributed by atoms with E-state index in [0.717, 1.165) is 43.7 Å². The van der Waals surface area contributed by atoms with Crippen LogP contribution in [0.3, 0.4) is 0 Å². The molecule has 2 fully saturated rings. The number of nitrogens with one attached hydrogen (secondary N) is 1. The van der Waals surface area contributed by atoms with Crippen molar-refractivity contribution in [3.63, 3.8) is 0 Å². The average Bonchev–Trinajstić information content (AvgIpc) is 2.65. The third-order valence-electron chi connectivity index (χ3n) is 5.77. The standard InChI is InChI=1S/C21H32N4O2/c1-16-7-8-19(17(2)14-16)22-21(27)24-12-10-23(11-13-24)15-20(26)25-9-5-4-6-18(25)3/h7-8,14,18H,4-6,9-13,15H2,1-3H3,(H,22,27). The number of carbonyl (C=O) groups is 2. The zero-order valence-electron chi connectivity index (χ0n) is 16.8. The van der Waals surface area contributed by atoms with Gasteiger partial charge in [-0.1, -0.05) is 17.7 Å². The van der Waals surface area contributed by atoms with Crippen molar-refractivity contribution in [1.29, 1.82) is 0 Å². The number of piperidine rings is 1. The number of carbonyl (C=O) groups excluding carboxylic acids is 2. The molecule has 6 nitrogen and oxygen atoms in total. The highest BCUT2D eigenvalue weighted by molar-refractivity contribution is 5.90. The third kappa shape index (κ3) is 5.01. The van der Waals surface area contributed by atoms with E-state index < -0.39 is 0 Å². The number of aryl methyl sites for hydroxylation is 2. The number of hydrogen-bond donors (Lipinski definition) is 1. The normalized spacial score (nSPS) is 21.2. The highest BCUT2D eigenvalue weighted by Crippen LogP contribution is 2.18. The lowest BCUT2D eigenvalue weighted by molar-refractivity contribution is -0.136. The van der Waals surface area contributed by atoms with Crippen LogP contribution in [-0.2, 0) is 4.79 Å². The van der Waals surface area contributed by atoms with Gasteiger partial charge in [0.05, 0.1) is 6.54 Å². The first-order valence-electron chi connectivity index (χ1n) is 10.1. The maximum absolute atomic E-state index is 12.6. The van der Waals surface area contributed by atoms with E-state index in [9.17, 15) is 9.59 Å². The van der Waals surface area contributed by atoms with Crippen molar-refractivity contribution in [2.75, 3.05) is 44.6 Å². The Morgan fingerprint density at radius 2 is 1.81 bits per heavy atom. The van der Waals surface area contributed by atoms with Crippen LogP contribution in [0.15, 0.2) is 18.2 Å². The van der Waals surface area contributed by atoms with Crippen LogP contribution >= 0.6 is 0 Å². The first kappa shape index (κ1) is 19.7. The number of urea groups is 1. The topological polar surface area (TPSA) is 55.9 Å². The van der Waals surface area contributed by atoms with Crippen LogP contribution in [0.5, 0.6) is 0 Å². The lowest BCUT2D eigenvalue weighted by Crippen LogP contribution is -2.53. The monoisotopic (exact) mass is 372 g/mol. The Morgan fingerprint density at radius 3 is 2.48 bits per heavy atom. The Bertz CT molecular complexity index is 683. The molecule has 2 saturated heterocycles. The van der Waals surface area contributed by atoms with Crippen LogP contribution < -0.4 is 5.32 Å². The van der Waals surface area contributed by atoms with E-state index in [1.54, 1.807) is 0 Å². The molecular formula is C21H32N4O2. The minimum atomic E-state index is -0.0578. The number of likely N-dealkylation sites (tertiary alicyclic amines) is 1. The SMILES string of the molecule is Cc1ccc(NC(=O)N2CCN(CC(=O)N3CCCCC3C)CC2)c(C)c1. The summed E-state index contributed by atoms with van der Waals surface area (Å²) in [5, 5.41) is 3.01. The number of amides is 3. The molecule has 0 spiro atoms. The molecule has 1 unspecified atom stereocenters. The zero-order chi connectivity index (χ0) is 19.4. The summed E-state index contributed by atoms with van der Waals surface area (Å²) in [5.41, 5.74) is 3.12. The first-order chi connectivity index (χ1) is 12.9. The Morgan fingerprint density at radius 1 is 1.07 bits per heavy atom. The van der Waals surface area contributed by atoms with Crippen molar-refractivity contribution < 1.29 is 9.59 Å². The quantitative estimate of drug-likeness (QED) is 0.888. The van der Waals surface area contributed by atoms with Crippen LogP contribution in [0.25, 0.3) is 0 Å². The summed E-state index contributed by atoms with van der Waals surface area (Å²) in [5.74, 6) is 0.232. The van der Waals surface area contributed by atoms with Crippen LogP contribution in [0.2, 0.25) is 0 Å². The average molecular weight is 373 g/mol. The highest BCUT2D eigenvalue weighted by atomic mass is 16.2. The molecule has 0 radical (unpaired) electrons. The Labute approximate surface area is 162 Å². The van der Waals surface area contributed by atoms with Gasteiger partial charge >= 0.3 is 6.03 Å². The van der Waals surface area contributed by atoms with Gasteiger partial charge in [-0.3, -0.25) is 9.69 Å². The first-order valence-corrected chi connectivity index (χ1v) is 10.1. The third-order valence-corrected chi connectivity index (χ3v) is 5.77. The molecule has 0 aliphatic carbocycles. The van der Waals surface area contributed by atoms with E-state index in [0.29, 0.717) is 25.7 Å². The van der Waals surface area contributed by atoms with Crippen molar-refractivity contribution in [3.05, 3.63) is 29.3 Å². The molecule has 1 N–H and O–H groups in total. The maximum atomic E-state index is 12.6. The van der Waals surface area contributed by atoms with Gasteiger partial charge < -0.3 is 15.1 Å². The predicted octanol–water partition coefficient (Wildman–Crippen LogP) is 2.85. The molecule has 0 saturated carbocycles. The lowest BCUT2D eigenvalue weighted by Gasteiger charge is -2.38. The second-order valence-corrected chi connectivity index (χ2v) is 7.94. The Balaban J connectivity index is 1.46. The number of piperazine rings is 1. The molecule has 1 aromatic rings. The van der Waals surface area contributed by atoms with Crippen LogP contribution in [0, 0.1) is 13.8 Å². The minimum absolute atomic E-state index is 0.0578.